The van der Waals surface area contributed by atoms with E-state index in [1.807, 2.05) is 6.92 Å². The number of carbonyl (C=O) groups is 2. The Morgan fingerprint density at radius 1 is 0.710 bits per heavy atom. The number of nitrogens with one attached hydrogen (secondary N) is 1. The molecule has 0 spiro atoms. The van der Waals surface area contributed by atoms with Crippen LogP contribution >= 0.6 is 0 Å². The van der Waals surface area contributed by atoms with Gasteiger partial charge in [-0.2, -0.15) is 0 Å². The van der Waals surface area contributed by atoms with Crippen molar-refractivity contribution in [2.45, 2.75) is 129 Å². The van der Waals surface area contributed by atoms with Crippen LogP contribution in [0, 0.1) is 0 Å². The molecule has 0 aliphatic carbocycles. The van der Waals surface area contributed by atoms with E-state index in [1.54, 1.807) is 6.08 Å². The average molecular weight is 440 g/mol. The molecule has 0 rings (SSSR count). The Balaban J connectivity index is 3.61. The van der Waals surface area contributed by atoms with Crippen molar-refractivity contribution in [2.24, 2.45) is 0 Å². The van der Waals surface area contributed by atoms with E-state index in [-0.39, 0.29) is 0 Å². The van der Waals surface area contributed by atoms with E-state index < -0.39 is 18.1 Å². The van der Waals surface area contributed by atoms with Crippen LogP contribution in [-0.4, -0.2) is 31.3 Å². The van der Waals surface area contributed by atoms with Gasteiger partial charge in [-0.25, -0.2) is 9.59 Å². The van der Waals surface area contributed by atoms with Gasteiger partial charge >= 0.3 is 12.1 Å². The van der Waals surface area contributed by atoms with Gasteiger partial charge in [0.25, 0.3) is 0 Å². The van der Waals surface area contributed by atoms with Crippen LogP contribution < -0.4 is 5.32 Å². The van der Waals surface area contributed by atoms with Gasteiger partial charge in [0.05, 0.1) is 13.2 Å². The Morgan fingerprint density at radius 2 is 1.16 bits per heavy atom. The fraction of sp³-hybridized carbons (Fsp3) is 0.846. The lowest BCUT2D eigenvalue weighted by atomic mass is 10.0. The van der Waals surface area contributed by atoms with E-state index in [0.29, 0.717) is 19.6 Å². The molecule has 31 heavy (non-hydrogen) atoms. The average Bonchev–Trinajstić information content (AvgIpc) is 2.76. The molecule has 0 saturated heterocycles. The van der Waals surface area contributed by atoms with Gasteiger partial charge < -0.3 is 14.8 Å². The molecule has 5 nitrogen and oxygen atoms in total. The van der Waals surface area contributed by atoms with E-state index >= 15 is 0 Å². The second-order valence-electron chi connectivity index (χ2n) is 8.47. The van der Waals surface area contributed by atoms with Crippen molar-refractivity contribution in [3.8, 4) is 0 Å². The fourth-order valence-electron chi connectivity index (χ4n) is 3.44. The standard InChI is InChI=1S/C26H49NO4/c1-4-7-9-10-11-12-13-14-15-16-17-18-19-20-23-30-25(28)24(21-6-3)27-26(29)31-22-8-5-2/h6,24H,3-5,7-23H2,1-2H3,(H,27,29). The van der Waals surface area contributed by atoms with Crippen LogP contribution in [0.5, 0.6) is 0 Å². The first-order valence-electron chi connectivity index (χ1n) is 12.9. The monoisotopic (exact) mass is 439 g/mol. The SMILES string of the molecule is C=CCC(NC(=O)OCCCC)C(=O)OCCCCCCCCCCCCCCCC. The minimum Gasteiger partial charge on any atom is -0.464 e. The number of hydrogen-bond donors (Lipinski definition) is 1. The zero-order valence-corrected chi connectivity index (χ0v) is 20.4. The second kappa shape index (κ2) is 23.1. The molecule has 0 radical (unpaired) electrons. The van der Waals surface area contributed by atoms with E-state index in [9.17, 15) is 9.59 Å². The molecule has 5 heteroatoms. The maximum absolute atomic E-state index is 12.2. The molecule has 0 bridgehead atoms. The third kappa shape index (κ3) is 20.2. The van der Waals surface area contributed by atoms with Crippen LogP contribution in [0.25, 0.3) is 0 Å². The summed E-state index contributed by atoms with van der Waals surface area (Å²) in [6, 6.07) is -0.724. The summed E-state index contributed by atoms with van der Waals surface area (Å²) >= 11 is 0. The fourth-order valence-corrected chi connectivity index (χ4v) is 3.44. The molecule has 0 fully saturated rings. The first-order valence-corrected chi connectivity index (χ1v) is 12.9. The smallest absolute Gasteiger partial charge is 0.407 e. The Hall–Kier alpha value is -1.52. The number of carbonyl (C=O) groups excluding carboxylic acids is 2. The summed E-state index contributed by atoms with van der Waals surface area (Å²) < 4.78 is 10.4. The lowest BCUT2D eigenvalue weighted by molar-refractivity contribution is -0.146. The Bertz CT molecular complexity index is 439. The number of esters is 1. The summed E-state index contributed by atoms with van der Waals surface area (Å²) in [5.41, 5.74) is 0. The van der Waals surface area contributed by atoms with Crippen LogP contribution in [0.1, 0.15) is 123 Å². The van der Waals surface area contributed by atoms with Crippen molar-refractivity contribution in [2.75, 3.05) is 13.2 Å². The Labute approximate surface area is 191 Å². The van der Waals surface area contributed by atoms with Crippen LogP contribution in [0.3, 0.4) is 0 Å². The van der Waals surface area contributed by atoms with Crippen LogP contribution in [-0.2, 0) is 14.3 Å². The van der Waals surface area contributed by atoms with Gasteiger partial charge in [-0.15, -0.1) is 6.58 Å². The van der Waals surface area contributed by atoms with Gasteiger partial charge in [0.2, 0.25) is 0 Å². The van der Waals surface area contributed by atoms with Crippen molar-refractivity contribution in [1.82, 2.24) is 5.32 Å². The largest absolute Gasteiger partial charge is 0.464 e. The van der Waals surface area contributed by atoms with Gasteiger partial charge in [0.15, 0.2) is 0 Å². The van der Waals surface area contributed by atoms with E-state index in [1.165, 1.54) is 77.0 Å². The number of ether oxygens (including phenoxy) is 2. The predicted octanol–water partition coefficient (Wildman–Crippen LogP) is 7.48. The Kier molecular flexibility index (Phi) is 22.0. The molecule has 182 valence electrons. The number of unbranched alkanes of at least 4 members (excludes halogenated alkanes) is 14. The summed E-state index contributed by atoms with van der Waals surface area (Å²) in [6.45, 7) is 8.69. The summed E-state index contributed by atoms with van der Waals surface area (Å²) in [5, 5.41) is 2.57. The molecule has 0 aromatic carbocycles. The number of hydrogen-bond acceptors (Lipinski definition) is 4. The van der Waals surface area contributed by atoms with Crippen molar-refractivity contribution >= 4 is 12.1 Å². The Morgan fingerprint density at radius 3 is 1.65 bits per heavy atom. The number of alkyl carbamates (subject to hydrolysis) is 1. The van der Waals surface area contributed by atoms with E-state index in [0.717, 1.165) is 25.7 Å². The molecule has 0 aromatic heterocycles. The topological polar surface area (TPSA) is 64.6 Å². The summed E-state index contributed by atoms with van der Waals surface area (Å²) in [4.78, 5) is 23.9. The molecular weight excluding hydrogens is 390 g/mol. The normalized spacial score (nSPS) is 11.7. The van der Waals surface area contributed by atoms with Crippen LogP contribution in [0.15, 0.2) is 12.7 Å². The van der Waals surface area contributed by atoms with E-state index in [4.69, 9.17) is 9.47 Å². The third-order valence-corrected chi connectivity index (χ3v) is 5.45. The van der Waals surface area contributed by atoms with Gasteiger partial charge in [-0.3, -0.25) is 0 Å². The zero-order valence-electron chi connectivity index (χ0n) is 20.4. The molecule has 0 aromatic rings. The van der Waals surface area contributed by atoms with Crippen molar-refractivity contribution in [3.05, 3.63) is 12.7 Å². The second-order valence-corrected chi connectivity index (χ2v) is 8.47. The van der Waals surface area contributed by atoms with Crippen LogP contribution in [0.4, 0.5) is 4.79 Å². The number of amides is 1. The molecule has 0 saturated carbocycles. The molecule has 0 heterocycles. The maximum atomic E-state index is 12.2. The summed E-state index contributed by atoms with van der Waals surface area (Å²) in [7, 11) is 0. The number of rotatable bonds is 22. The van der Waals surface area contributed by atoms with Gasteiger partial charge in [-0.05, 0) is 19.3 Å². The molecule has 1 unspecified atom stereocenters. The van der Waals surface area contributed by atoms with Gasteiger partial charge in [0.1, 0.15) is 6.04 Å². The summed E-state index contributed by atoms with van der Waals surface area (Å²) in [5.74, 6) is -0.415. The highest BCUT2D eigenvalue weighted by atomic mass is 16.6. The van der Waals surface area contributed by atoms with Gasteiger partial charge in [-0.1, -0.05) is 110 Å². The summed E-state index contributed by atoms with van der Waals surface area (Å²) in [6.07, 6.45) is 21.2. The molecule has 1 amide bonds. The first kappa shape index (κ1) is 29.5. The molecular formula is C26H49NO4. The lowest BCUT2D eigenvalue weighted by Crippen LogP contribution is -2.42. The minimum atomic E-state index is -0.724. The first-order chi connectivity index (χ1) is 15.2. The highest BCUT2D eigenvalue weighted by Gasteiger charge is 2.21. The predicted molar refractivity (Wildman–Crippen MR) is 129 cm³/mol. The van der Waals surface area contributed by atoms with Crippen LogP contribution in [0.2, 0.25) is 0 Å². The molecule has 1 N–H and O–H groups in total. The highest BCUT2D eigenvalue weighted by Crippen LogP contribution is 2.13. The van der Waals surface area contributed by atoms with Crippen molar-refractivity contribution in [3.63, 3.8) is 0 Å². The molecule has 0 aliphatic heterocycles. The van der Waals surface area contributed by atoms with Gasteiger partial charge in [0, 0.05) is 0 Å². The quantitative estimate of drug-likeness (QED) is 0.108. The zero-order chi connectivity index (χ0) is 23.0. The minimum absolute atomic E-state index is 0.334. The molecule has 1 atom stereocenters. The van der Waals surface area contributed by atoms with Crippen molar-refractivity contribution < 1.29 is 19.1 Å². The van der Waals surface area contributed by atoms with E-state index in [2.05, 4.69) is 18.8 Å². The molecule has 0 aliphatic rings. The van der Waals surface area contributed by atoms with Crippen molar-refractivity contribution in [1.29, 1.82) is 0 Å². The third-order valence-electron chi connectivity index (χ3n) is 5.45. The maximum Gasteiger partial charge on any atom is 0.407 e. The lowest BCUT2D eigenvalue weighted by Gasteiger charge is -2.16. The highest BCUT2D eigenvalue weighted by molar-refractivity contribution is 5.81.